The maximum absolute atomic E-state index is 11.9. The molecule has 2 N–H and O–H groups in total. The Bertz CT molecular complexity index is 509. The largest absolute Gasteiger partial charge is 0.388 e. The van der Waals surface area contributed by atoms with Crippen molar-refractivity contribution in [2.24, 2.45) is 5.92 Å². The molecule has 18 heavy (non-hydrogen) atoms. The number of aliphatic hydroxyl groups excluding tert-OH is 1. The van der Waals surface area contributed by atoms with E-state index < -0.39 is 11.5 Å². The molecular formula is C14H18ClNO2. The van der Waals surface area contributed by atoms with Gasteiger partial charge in [0.1, 0.15) is 0 Å². The van der Waals surface area contributed by atoms with Gasteiger partial charge in [0.05, 0.1) is 22.2 Å². The Hall–Kier alpha value is -1.06. The number of fused-ring (bicyclic) bond motifs is 1. The van der Waals surface area contributed by atoms with E-state index in [1.807, 2.05) is 33.8 Å². The third-order valence-corrected chi connectivity index (χ3v) is 3.86. The van der Waals surface area contributed by atoms with Crippen LogP contribution >= 0.6 is 11.6 Å². The quantitative estimate of drug-likeness (QED) is 0.864. The zero-order chi connectivity index (χ0) is 13.7. The summed E-state index contributed by atoms with van der Waals surface area (Å²) in [6.07, 6.45) is -0.570. The Balaban J connectivity index is 2.56. The molecule has 2 rings (SSSR count). The van der Waals surface area contributed by atoms with Crippen LogP contribution in [0.1, 0.15) is 44.9 Å². The Morgan fingerprint density at radius 1 is 1.33 bits per heavy atom. The second kappa shape index (κ2) is 4.25. The van der Waals surface area contributed by atoms with Crippen LogP contribution in [0.2, 0.25) is 5.02 Å². The number of rotatable bonds is 2. The van der Waals surface area contributed by atoms with Crippen molar-refractivity contribution in [1.29, 1.82) is 0 Å². The predicted octanol–water partition coefficient (Wildman–Crippen LogP) is 3.26. The molecule has 3 nitrogen and oxygen atoms in total. The molecule has 1 heterocycles. The summed E-state index contributed by atoms with van der Waals surface area (Å²) < 4.78 is 0. The first kappa shape index (κ1) is 13.4. The number of hydrogen-bond donors (Lipinski definition) is 2. The van der Waals surface area contributed by atoms with Crippen LogP contribution in [-0.4, -0.2) is 11.0 Å². The molecule has 0 saturated carbocycles. The van der Waals surface area contributed by atoms with Gasteiger partial charge in [0.15, 0.2) is 0 Å². The molecule has 1 aliphatic heterocycles. The van der Waals surface area contributed by atoms with Gasteiger partial charge in [-0.25, -0.2) is 0 Å². The molecule has 1 atom stereocenters. The van der Waals surface area contributed by atoms with E-state index in [1.54, 1.807) is 6.07 Å². The number of aliphatic hydroxyl groups is 1. The molecule has 1 aromatic carbocycles. The smallest absolute Gasteiger partial charge is 0.234 e. The average Bonchev–Trinajstić information content (AvgIpc) is 2.51. The molecule has 1 unspecified atom stereocenters. The number of halogens is 1. The molecule has 4 heteroatoms. The topological polar surface area (TPSA) is 49.3 Å². The average molecular weight is 268 g/mol. The van der Waals surface area contributed by atoms with Crippen LogP contribution < -0.4 is 5.32 Å². The van der Waals surface area contributed by atoms with Crippen molar-refractivity contribution in [1.82, 2.24) is 0 Å². The molecule has 0 spiro atoms. The van der Waals surface area contributed by atoms with Crippen molar-refractivity contribution in [3.05, 3.63) is 28.3 Å². The number of carbonyl (C=O) groups is 1. The molecule has 1 amide bonds. The lowest BCUT2D eigenvalue weighted by molar-refractivity contribution is -0.119. The fourth-order valence-corrected chi connectivity index (χ4v) is 2.47. The van der Waals surface area contributed by atoms with Crippen LogP contribution in [0.3, 0.4) is 0 Å². The number of hydrogen-bond acceptors (Lipinski definition) is 2. The minimum absolute atomic E-state index is 0.0596. The Morgan fingerprint density at radius 2 is 1.94 bits per heavy atom. The van der Waals surface area contributed by atoms with Crippen LogP contribution in [0.5, 0.6) is 0 Å². The van der Waals surface area contributed by atoms with Gasteiger partial charge in [-0.2, -0.15) is 0 Å². The van der Waals surface area contributed by atoms with Gasteiger partial charge in [0.2, 0.25) is 5.91 Å². The monoisotopic (exact) mass is 267 g/mol. The highest BCUT2D eigenvalue weighted by molar-refractivity contribution is 6.35. The summed E-state index contributed by atoms with van der Waals surface area (Å²) in [5.41, 5.74) is 1.69. The first-order chi connectivity index (χ1) is 8.25. The lowest BCUT2D eigenvalue weighted by Gasteiger charge is -2.20. The summed E-state index contributed by atoms with van der Waals surface area (Å²) in [7, 11) is 0. The van der Waals surface area contributed by atoms with Crippen LogP contribution in [0.4, 0.5) is 5.69 Å². The first-order valence-corrected chi connectivity index (χ1v) is 6.46. The summed E-state index contributed by atoms with van der Waals surface area (Å²) >= 11 is 6.19. The van der Waals surface area contributed by atoms with Gasteiger partial charge in [-0.3, -0.25) is 4.79 Å². The summed E-state index contributed by atoms with van der Waals surface area (Å²) in [4.78, 5) is 11.9. The van der Waals surface area contributed by atoms with E-state index in [-0.39, 0.29) is 11.8 Å². The summed E-state index contributed by atoms with van der Waals surface area (Å²) in [5.74, 6) is 0.0443. The number of amides is 1. The third kappa shape index (κ3) is 1.91. The molecule has 0 aromatic heterocycles. The minimum Gasteiger partial charge on any atom is -0.388 e. The molecule has 0 bridgehead atoms. The van der Waals surface area contributed by atoms with E-state index in [4.69, 9.17) is 11.6 Å². The predicted molar refractivity (Wildman–Crippen MR) is 72.9 cm³/mol. The Labute approximate surface area is 112 Å². The number of anilines is 1. The number of nitrogens with one attached hydrogen (secondary N) is 1. The van der Waals surface area contributed by atoms with Crippen LogP contribution in [-0.2, 0) is 10.2 Å². The van der Waals surface area contributed by atoms with E-state index in [0.717, 1.165) is 11.1 Å². The van der Waals surface area contributed by atoms with Crippen molar-refractivity contribution in [2.75, 3.05) is 5.32 Å². The Morgan fingerprint density at radius 3 is 2.50 bits per heavy atom. The van der Waals surface area contributed by atoms with Gasteiger partial charge in [-0.1, -0.05) is 25.4 Å². The van der Waals surface area contributed by atoms with Crippen molar-refractivity contribution < 1.29 is 9.90 Å². The van der Waals surface area contributed by atoms with Crippen LogP contribution in [0, 0.1) is 5.92 Å². The second-order valence-electron chi connectivity index (χ2n) is 5.69. The SMILES string of the molecule is CC(C)C(O)c1cc(Cl)c2c(c1)C(C)(C)C(=O)N2. The molecule has 0 fully saturated rings. The normalized spacial score (nSPS) is 18.7. The van der Waals surface area contributed by atoms with Crippen LogP contribution in [0.25, 0.3) is 0 Å². The van der Waals surface area contributed by atoms with E-state index in [9.17, 15) is 9.90 Å². The van der Waals surface area contributed by atoms with Crippen molar-refractivity contribution in [3.8, 4) is 0 Å². The zero-order valence-electron chi connectivity index (χ0n) is 11.0. The molecule has 1 aromatic rings. The maximum atomic E-state index is 11.9. The minimum atomic E-state index is -0.605. The molecule has 0 radical (unpaired) electrons. The van der Waals surface area contributed by atoms with Crippen LogP contribution in [0.15, 0.2) is 12.1 Å². The first-order valence-electron chi connectivity index (χ1n) is 6.08. The third-order valence-electron chi connectivity index (χ3n) is 3.57. The fourth-order valence-electron chi connectivity index (χ4n) is 2.20. The van der Waals surface area contributed by atoms with E-state index in [2.05, 4.69) is 5.32 Å². The highest BCUT2D eigenvalue weighted by atomic mass is 35.5. The van der Waals surface area contributed by atoms with Gasteiger partial charge >= 0.3 is 0 Å². The lowest BCUT2D eigenvalue weighted by atomic mass is 9.84. The van der Waals surface area contributed by atoms with Gasteiger partial charge in [-0.05, 0) is 43.0 Å². The van der Waals surface area contributed by atoms with Gasteiger partial charge < -0.3 is 10.4 Å². The van der Waals surface area contributed by atoms with E-state index >= 15 is 0 Å². The van der Waals surface area contributed by atoms with Crippen molar-refractivity contribution in [3.63, 3.8) is 0 Å². The lowest BCUT2D eigenvalue weighted by Crippen LogP contribution is -2.27. The molecule has 98 valence electrons. The van der Waals surface area contributed by atoms with E-state index in [1.165, 1.54) is 0 Å². The second-order valence-corrected chi connectivity index (χ2v) is 6.10. The molecule has 1 aliphatic rings. The van der Waals surface area contributed by atoms with E-state index in [0.29, 0.717) is 10.7 Å². The fraction of sp³-hybridized carbons (Fsp3) is 0.500. The highest BCUT2D eigenvalue weighted by Crippen LogP contribution is 2.43. The molecule has 0 saturated heterocycles. The van der Waals surface area contributed by atoms with Gasteiger partial charge in [0, 0.05) is 0 Å². The highest BCUT2D eigenvalue weighted by Gasteiger charge is 2.40. The summed E-state index contributed by atoms with van der Waals surface area (Å²) in [6, 6.07) is 3.61. The molecular weight excluding hydrogens is 250 g/mol. The van der Waals surface area contributed by atoms with Crippen molar-refractivity contribution in [2.45, 2.75) is 39.2 Å². The van der Waals surface area contributed by atoms with Gasteiger partial charge in [0.25, 0.3) is 0 Å². The maximum Gasteiger partial charge on any atom is 0.234 e. The number of carbonyl (C=O) groups excluding carboxylic acids is 1. The molecule has 0 aliphatic carbocycles. The van der Waals surface area contributed by atoms with Gasteiger partial charge in [-0.15, -0.1) is 0 Å². The summed E-state index contributed by atoms with van der Waals surface area (Å²) in [6.45, 7) is 7.60. The number of benzene rings is 1. The summed E-state index contributed by atoms with van der Waals surface area (Å²) in [5, 5.41) is 13.4. The standard InChI is InChI=1S/C14H18ClNO2/c1-7(2)12(17)8-5-9-11(10(15)6-8)16-13(18)14(9,3)4/h5-7,12,17H,1-4H3,(H,16,18). The Kier molecular flexibility index (Phi) is 3.16. The zero-order valence-corrected chi connectivity index (χ0v) is 11.8. The van der Waals surface area contributed by atoms with Crippen molar-refractivity contribution >= 4 is 23.2 Å².